The third-order valence-electron chi connectivity index (χ3n) is 4.47. The lowest BCUT2D eigenvalue weighted by atomic mass is 9.75. The summed E-state index contributed by atoms with van der Waals surface area (Å²) >= 11 is 1.41. The van der Waals surface area contributed by atoms with Crippen molar-refractivity contribution < 1.29 is 17.9 Å². The molecule has 0 saturated carbocycles. The van der Waals surface area contributed by atoms with Crippen molar-refractivity contribution >= 4 is 16.9 Å². The van der Waals surface area contributed by atoms with Gasteiger partial charge in [-0.2, -0.15) is 0 Å². The number of amidine groups is 1. The summed E-state index contributed by atoms with van der Waals surface area (Å²) in [6.45, 7) is 0.106. The number of hydrogen-bond donors (Lipinski definition) is 1. The molecule has 3 heterocycles. The Bertz CT molecular complexity index is 786. The van der Waals surface area contributed by atoms with Crippen molar-refractivity contribution in [3.05, 3.63) is 47.7 Å². The third-order valence-corrected chi connectivity index (χ3v) is 5.43. The molecule has 0 bridgehead atoms. The molecule has 2 aliphatic heterocycles. The quantitative estimate of drug-likeness (QED) is 0.893. The van der Waals surface area contributed by atoms with Crippen LogP contribution in [0.3, 0.4) is 0 Å². The molecule has 126 valence electrons. The van der Waals surface area contributed by atoms with E-state index < -0.39 is 17.2 Å². The topological polar surface area (TPSA) is 86.5 Å². The van der Waals surface area contributed by atoms with E-state index in [-0.39, 0.29) is 18.6 Å². The first kappa shape index (κ1) is 15.5. The van der Waals surface area contributed by atoms with Gasteiger partial charge in [0.25, 0.3) is 0 Å². The van der Waals surface area contributed by atoms with E-state index in [0.717, 1.165) is 6.07 Å². The Kier molecular flexibility index (Phi) is 3.76. The molecule has 2 aromatic rings. The van der Waals surface area contributed by atoms with Gasteiger partial charge in [0.2, 0.25) is 12.3 Å². The molecule has 0 radical (unpaired) electrons. The van der Waals surface area contributed by atoms with Gasteiger partial charge in [0.15, 0.2) is 5.17 Å². The lowest BCUT2D eigenvalue weighted by Gasteiger charge is -2.45. The van der Waals surface area contributed by atoms with Crippen molar-refractivity contribution in [2.45, 2.75) is 18.1 Å². The highest BCUT2D eigenvalue weighted by Crippen LogP contribution is 2.49. The third kappa shape index (κ3) is 2.48. The summed E-state index contributed by atoms with van der Waals surface area (Å²) in [5, 5.41) is 7.92. The molecule has 1 aromatic carbocycles. The van der Waals surface area contributed by atoms with Crippen LogP contribution in [0.1, 0.15) is 24.0 Å². The molecule has 1 saturated heterocycles. The van der Waals surface area contributed by atoms with Gasteiger partial charge in [-0.25, -0.2) is 13.8 Å². The van der Waals surface area contributed by atoms with E-state index in [9.17, 15) is 8.78 Å². The number of nitrogens with zero attached hydrogens (tertiary/aromatic N) is 3. The molecule has 4 rings (SSSR count). The predicted octanol–water partition coefficient (Wildman–Crippen LogP) is 2.38. The first-order chi connectivity index (χ1) is 11.6. The van der Waals surface area contributed by atoms with Crippen molar-refractivity contribution in [1.82, 2.24) is 10.2 Å². The van der Waals surface area contributed by atoms with Crippen molar-refractivity contribution in [2.75, 3.05) is 12.4 Å². The second-order valence-electron chi connectivity index (χ2n) is 5.82. The second-order valence-corrected chi connectivity index (χ2v) is 6.86. The van der Waals surface area contributed by atoms with Crippen molar-refractivity contribution in [2.24, 2.45) is 16.6 Å². The van der Waals surface area contributed by atoms with Crippen LogP contribution < -0.4 is 5.73 Å². The number of aromatic nitrogens is 2. The SMILES string of the molecule is NC1=N[C@@]2(c3ccc(F)cc3F)CO[C@@H](c3nnco3)CC2CS1. The highest BCUT2D eigenvalue weighted by molar-refractivity contribution is 8.13. The van der Waals surface area contributed by atoms with E-state index in [1.165, 1.54) is 30.3 Å². The van der Waals surface area contributed by atoms with E-state index in [4.69, 9.17) is 14.9 Å². The fraction of sp³-hybridized carbons (Fsp3) is 0.400. The molecule has 0 spiro atoms. The van der Waals surface area contributed by atoms with Crippen LogP contribution in [-0.2, 0) is 10.3 Å². The average molecular weight is 352 g/mol. The van der Waals surface area contributed by atoms with Gasteiger partial charge in [-0.1, -0.05) is 17.8 Å². The Labute approximate surface area is 140 Å². The molecular weight excluding hydrogens is 338 g/mol. The molecule has 3 atom stereocenters. The van der Waals surface area contributed by atoms with Crippen molar-refractivity contribution in [1.29, 1.82) is 0 Å². The highest BCUT2D eigenvalue weighted by Gasteiger charge is 2.50. The summed E-state index contributed by atoms with van der Waals surface area (Å²) in [6.07, 6.45) is 1.40. The van der Waals surface area contributed by atoms with Gasteiger partial charge in [-0.05, 0) is 12.5 Å². The van der Waals surface area contributed by atoms with Crippen LogP contribution in [0, 0.1) is 17.6 Å². The molecule has 2 aliphatic rings. The van der Waals surface area contributed by atoms with Gasteiger partial charge >= 0.3 is 0 Å². The standard InChI is InChI=1S/C15H14F2N4O2S/c16-9-1-2-10(11(17)4-9)15-6-22-12(13-21-19-7-23-13)3-8(15)5-24-14(18)20-15/h1-2,4,7-8,12H,3,5-6H2,(H2,18,20)/t8?,12-,15+/m1/s1. The van der Waals surface area contributed by atoms with E-state index in [2.05, 4.69) is 15.2 Å². The van der Waals surface area contributed by atoms with Crippen LogP contribution in [0.25, 0.3) is 0 Å². The Morgan fingerprint density at radius 3 is 2.96 bits per heavy atom. The molecular formula is C15H14F2N4O2S. The minimum absolute atomic E-state index is 0.0552. The number of thioether (sulfide) groups is 1. The van der Waals surface area contributed by atoms with E-state index in [0.29, 0.717) is 28.8 Å². The largest absolute Gasteiger partial charge is 0.425 e. The van der Waals surface area contributed by atoms with Crippen LogP contribution in [0.5, 0.6) is 0 Å². The van der Waals surface area contributed by atoms with E-state index in [1.807, 2.05) is 0 Å². The molecule has 1 aromatic heterocycles. The van der Waals surface area contributed by atoms with E-state index >= 15 is 0 Å². The minimum atomic E-state index is -0.969. The lowest BCUT2D eigenvalue weighted by Crippen LogP contribution is -2.48. The normalized spacial score (nSPS) is 29.8. The molecule has 1 fully saturated rings. The van der Waals surface area contributed by atoms with Crippen LogP contribution in [0.15, 0.2) is 34.0 Å². The minimum Gasteiger partial charge on any atom is -0.425 e. The van der Waals surface area contributed by atoms with E-state index in [1.54, 1.807) is 0 Å². The molecule has 1 unspecified atom stereocenters. The summed E-state index contributed by atoms with van der Waals surface area (Å²) < 4.78 is 38.8. The second kappa shape index (κ2) is 5.82. The zero-order valence-electron chi connectivity index (χ0n) is 12.5. The fourth-order valence-corrected chi connectivity index (χ4v) is 4.31. The van der Waals surface area contributed by atoms with Gasteiger partial charge < -0.3 is 14.9 Å². The number of hydrogen-bond acceptors (Lipinski definition) is 7. The van der Waals surface area contributed by atoms with Crippen LogP contribution in [0.2, 0.25) is 0 Å². The maximum Gasteiger partial charge on any atom is 0.244 e. The fourth-order valence-electron chi connectivity index (χ4n) is 3.30. The zero-order valence-corrected chi connectivity index (χ0v) is 13.3. The number of rotatable bonds is 2. The van der Waals surface area contributed by atoms with Gasteiger partial charge in [-0.15, -0.1) is 10.2 Å². The summed E-state index contributed by atoms with van der Waals surface area (Å²) in [5.74, 6) is -0.300. The molecule has 0 aliphatic carbocycles. The number of aliphatic imine (C=N–C) groups is 1. The van der Waals surface area contributed by atoms with Gasteiger partial charge in [-0.3, -0.25) is 0 Å². The number of fused-ring (bicyclic) bond motifs is 1. The summed E-state index contributed by atoms with van der Waals surface area (Å²) in [5.41, 5.74) is 5.22. The van der Waals surface area contributed by atoms with Crippen LogP contribution in [-0.4, -0.2) is 27.7 Å². The molecule has 6 nitrogen and oxygen atoms in total. The van der Waals surface area contributed by atoms with Gasteiger partial charge in [0, 0.05) is 23.3 Å². The first-order valence-electron chi connectivity index (χ1n) is 7.40. The highest BCUT2D eigenvalue weighted by atomic mass is 32.2. The number of halogens is 2. The van der Waals surface area contributed by atoms with Crippen molar-refractivity contribution in [3.8, 4) is 0 Å². The molecule has 24 heavy (non-hydrogen) atoms. The maximum atomic E-state index is 14.4. The Balaban J connectivity index is 1.74. The van der Waals surface area contributed by atoms with Gasteiger partial charge in [0.05, 0.1) is 6.61 Å². The predicted molar refractivity (Wildman–Crippen MR) is 83.2 cm³/mol. The maximum absolute atomic E-state index is 14.4. The Hall–Kier alpha value is -2.00. The number of nitrogens with two attached hydrogens (primary N) is 1. The summed E-state index contributed by atoms with van der Waals surface area (Å²) in [6, 6.07) is 3.50. The van der Waals surface area contributed by atoms with Crippen LogP contribution >= 0.6 is 11.8 Å². The Morgan fingerprint density at radius 1 is 1.33 bits per heavy atom. The smallest absolute Gasteiger partial charge is 0.244 e. The summed E-state index contributed by atoms with van der Waals surface area (Å²) in [7, 11) is 0. The number of ether oxygens (including phenoxy) is 1. The lowest BCUT2D eigenvalue weighted by molar-refractivity contribution is -0.0698. The molecule has 0 amide bonds. The molecule has 9 heteroatoms. The van der Waals surface area contributed by atoms with Crippen molar-refractivity contribution in [3.63, 3.8) is 0 Å². The zero-order chi connectivity index (χ0) is 16.7. The monoisotopic (exact) mass is 352 g/mol. The molecule has 2 N–H and O–H groups in total. The Morgan fingerprint density at radius 2 is 2.21 bits per heavy atom. The van der Waals surface area contributed by atoms with Gasteiger partial charge in [0.1, 0.15) is 23.3 Å². The number of benzene rings is 1. The average Bonchev–Trinajstić information content (AvgIpc) is 3.08. The summed E-state index contributed by atoms with van der Waals surface area (Å²) in [4.78, 5) is 4.52. The van der Waals surface area contributed by atoms with Crippen LogP contribution in [0.4, 0.5) is 8.78 Å². The first-order valence-corrected chi connectivity index (χ1v) is 8.38.